The largest absolute Gasteiger partial charge is 0.462 e. The van der Waals surface area contributed by atoms with Crippen molar-refractivity contribution in [3.05, 3.63) is 41.7 Å². The molecule has 0 saturated carbocycles. The van der Waals surface area contributed by atoms with Crippen molar-refractivity contribution >= 4 is 17.3 Å². The van der Waals surface area contributed by atoms with Gasteiger partial charge >= 0.3 is 5.97 Å². The lowest BCUT2D eigenvalue weighted by Crippen LogP contribution is -2.11. The van der Waals surface area contributed by atoms with E-state index >= 15 is 0 Å². The summed E-state index contributed by atoms with van der Waals surface area (Å²) in [6.07, 6.45) is 1.87. The fourth-order valence-electron chi connectivity index (χ4n) is 1.84. The third kappa shape index (κ3) is 3.28. The first kappa shape index (κ1) is 13.9. The molecule has 6 heteroatoms. The standard InChI is InChI=1S/C14H18N4O2/c1-3-20-14(19)12-8-10(15)4-5-13(12)16-9-11-6-7-18(2)17-11/h4-8,16H,3,9,15H2,1-2H3. The first-order chi connectivity index (χ1) is 9.60. The molecule has 0 radical (unpaired) electrons. The molecule has 106 valence electrons. The lowest BCUT2D eigenvalue weighted by atomic mass is 10.1. The van der Waals surface area contributed by atoms with Crippen LogP contribution in [0.3, 0.4) is 0 Å². The molecule has 1 heterocycles. The first-order valence-corrected chi connectivity index (χ1v) is 6.39. The quantitative estimate of drug-likeness (QED) is 0.641. The molecule has 0 bridgehead atoms. The number of aromatic nitrogens is 2. The van der Waals surface area contributed by atoms with Crippen LogP contribution in [0.2, 0.25) is 0 Å². The van der Waals surface area contributed by atoms with Gasteiger partial charge in [0.15, 0.2) is 0 Å². The molecule has 0 aliphatic rings. The maximum atomic E-state index is 11.9. The molecule has 0 fully saturated rings. The predicted molar refractivity (Wildman–Crippen MR) is 77.3 cm³/mol. The number of hydrogen-bond donors (Lipinski definition) is 2. The van der Waals surface area contributed by atoms with E-state index in [2.05, 4.69) is 10.4 Å². The molecule has 0 saturated heterocycles. The average molecular weight is 274 g/mol. The number of nitrogens with one attached hydrogen (secondary N) is 1. The monoisotopic (exact) mass is 274 g/mol. The minimum Gasteiger partial charge on any atom is -0.462 e. The number of carbonyl (C=O) groups excluding carboxylic acids is 1. The van der Waals surface area contributed by atoms with Gasteiger partial charge in [-0.15, -0.1) is 0 Å². The summed E-state index contributed by atoms with van der Waals surface area (Å²) in [4.78, 5) is 11.9. The Balaban J connectivity index is 2.16. The highest BCUT2D eigenvalue weighted by atomic mass is 16.5. The third-order valence-electron chi connectivity index (χ3n) is 2.77. The van der Waals surface area contributed by atoms with E-state index in [0.29, 0.717) is 30.1 Å². The van der Waals surface area contributed by atoms with E-state index in [1.54, 1.807) is 29.8 Å². The lowest BCUT2D eigenvalue weighted by molar-refractivity contribution is 0.0527. The Morgan fingerprint density at radius 3 is 2.90 bits per heavy atom. The molecule has 1 aromatic carbocycles. The van der Waals surface area contributed by atoms with E-state index in [4.69, 9.17) is 10.5 Å². The maximum Gasteiger partial charge on any atom is 0.340 e. The van der Waals surface area contributed by atoms with Crippen molar-refractivity contribution in [1.82, 2.24) is 9.78 Å². The van der Waals surface area contributed by atoms with Gasteiger partial charge in [-0.1, -0.05) is 0 Å². The van der Waals surface area contributed by atoms with Crippen LogP contribution in [0, 0.1) is 0 Å². The van der Waals surface area contributed by atoms with Gasteiger partial charge in [0.05, 0.1) is 24.4 Å². The Bertz CT molecular complexity index is 607. The van der Waals surface area contributed by atoms with Crippen molar-refractivity contribution in [1.29, 1.82) is 0 Å². The highest BCUT2D eigenvalue weighted by Crippen LogP contribution is 2.20. The molecule has 20 heavy (non-hydrogen) atoms. The Kier molecular flexibility index (Phi) is 4.24. The molecular weight excluding hydrogens is 256 g/mol. The molecule has 0 aliphatic heterocycles. The lowest BCUT2D eigenvalue weighted by Gasteiger charge is -2.11. The van der Waals surface area contributed by atoms with Gasteiger partial charge in [-0.3, -0.25) is 4.68 Å². The third-order valence-corrected chi connectivity index (χ3v) is 2.77. The molecular formula is C14H18N4O2. The van der Waals surface area contributed by atoms with Crippen LogP contribution in [0.5, 0.6) is 0 Å². The van der Waals surface area contributed by atoms with Crippen LogP contribution in [0.15, 0.2) is 30.5 Å². The zero-order valence-electron chi connectivity index (χ0n) is 11.6. The van der Waals surface area contributed by atoms with E-state index in [9.17, 15) is 4.79 Å². The van der Waals surface area contributed by atoms with Crippen molar-refractivity contribution in [2.24, 2.45) is 7.05 Å². The molecule has 1 aromatic heterocycles. The highest BCUT2D eigenvalue weighted by molar-refractivity contribution is 5.96. The first-order valence-electron chi connectivity index (χ1n) is 6.39. The van der Waals surface area contributed by atoms with Crippen molar-refractivity contribution in [3.63, 3.8) is 0 Å². The van der Waals surface area contributed by atoms with Crippen LogP contribution in [0.25, 0.3) is 0 Å². The number of ether oxygens (including phenoxy) is 1. The fourth-order valence-corrected chi connectivity index (χ4v) is 1.84. The summed E-state index contributed by atoms with van der Waals surface area (Å²) in [6, 6.07) is 7.03. The zero-order chi connectivity index (χ0) is 14.5. The van der Waals surface area contributed by atoms with Crippen molar-refractivity contribution in [2.45, 2.75) is 13.5 Å². The van der Waals surface area contributed by atoms with E-state index in [0.717, 1.165) is 5.69 Å². The van der Waals surface area contributed by atoms with Crippen LogP contribution in [0.4, 0.5) is 11.4 Å². The van der Waals surface area contributed by atoms with Crippen LogP contribution in [-0.4, -0.2) is 22.4 Å². The van der Waals surface area contributed by atoms with E-state index in [1.807, 2.05) is 19.3 Å². The number of hydrogen-bond acceptors (Lipinski definition) is 5. The Morgan fingerprint density at radius 1 is 1.45 bits per heavy atom. The summed E-state index contributed by atoms with van der Waals surface area (Å²) in [5, 5.41) is 7.44. The maximum absolute atomic E-state index is 11.9. The molecule has 0 atom stereocenters. The van der Waals surface area contributed by atoms with E-state index in [-0.39, 0.29) is 5.97 Å². The average Bonchev–Trinajstić information content (AvgIpc) is 2.83. The SMILES string of the molecule is CCOC(=O)c1cc(N)ccc1NCc1ccn(C)n1. The Hall–Kier alpha value is -2.50. The van der Waals surface area contributed by atoms with Crippen molar-refractivity contribution < 1.29 is 9.53 Å². The number of nitrogen functional groups attached to an aromatic ring is 1. The van der Waals surface area contributed by atoms with Crippen LogP contribution < -0.4 is 11.1 Å². The molecule has 6 nitrogen and oxygen atoms in total. The predicted octanol–water partition coefficient (Wildman–Crippen LogP) is 1.79. The number of nitrogens with zero attached hydrogens (tertiary/aromatic N) is 2. The zero-order valence-corrected chi connectivity index (χ0v) is 11.6. The van der Waals surface area contributed by atoms with Crippen molar-refractivity contribution in [2.75, 3.05) is 17.7 Å². The number of nitrogens with two attached hydrogens (primary N) is 1. The van der Waals surface area contributed by atoms with Gasteiger partial charge in [-0.2, -0.15) is 5.10 Å². The van der Waals surface area contributed by atoms with Gasteiger partial charge in [0.2, 0.25) is 0 Å². The van der Waals surface area contributed by atoms with Gasteiger partial charge in [0.1, 0.15) is 0 Å². The highest BCUT2D eigenvalue weighted by Gasteiger charge is 2.13. The Morgan fingerprint density at radius 2 is 2.25 bits per heavy atom. The minimum absolute atomic E-state index is 0.327. The number of aryl methyl sites for hydroxylation is 1. The summed E-state index contributed by atoms with van der Waals surface area (Å²) >= 11 is 0. The second-order valence-electron chi connectivity index (χ2n) is 4.36. The minimum atomic E-state index is -0.386. The molecule has 0 unspecified atom stereocenters. The topological polar surface area (TPSA) is 82.2 Å². The second-order valence-corrected chi connectivity index (χ2v) is 4.36. The molecule has 0 spiro atoms. The molecule has 3 N–H and O–H groups in total. The molecule has 2 aromatic rings. The summed E-state index contributed by atoms with van der Waals surface area (Å²) in [6.45, 7) is 2.62. The van der Waals surface area contributed by atoms with Gasteiger partial charge in [-0.25, -0.2) is 4.79 Å². The van der Waals surface area contributed by atoms with Gasteiger partial charge < -0.3 is 15.8 Å². The summed E-state index contributed by atoms with van der Waals surface area (Å²) in [7, 11) is 1.86. The van der Waals surface area contributed by atoms with Gasteiger partial charge in [-0.05, 0) is 31.2 Å². The normalized spacial score (nSPS) is 10.3. The smallest absolute Gasteiger partial charge is 0.340 e. The number of rotatable bonds is 5. The van der Waals surface area contributed by atoms with Crippen LogP contribution >= 0.6 is 0 Å². The van der Waals surface area contributed by atoms with Crippen LogP contribution in [-0.2, 0) is 18.3 Å². The van der Waals surface area contributed by atoms with Gasteiger partial charge in [0.25, 0.3) is 0 Å². The number of carbonyl (C=O) groups is 1. The van der Waals surface area contributed by atoms with E-state index < -0.39 is 0 Å². The summed E-state index contributed by atoms with van der Waals surface area (Å²) in [5.74, 6) is -0.386. The second kappa shape index (κ2) is 6.10. The summed E-state index contributed by atoms with van der Waals surface area (Å²) in [5.41, 5.74) is 8.25. The molecule has 0 aliphatic carbocycles. The Labute approximate surface area is 117 Å². The summed E-state index contributed by atoms with van der Waals surface area (Å²) < 4.78 is 6.75. The van der Waals surface area contributed by atoms with Crippen LogP contribution in [0.1, 0.15) is 23.0 Å². The molecule has 0 amide bonds. The number of esters is 1. The number of benzene rings is 1. The van der Waals surface area contributed by atoms with Gasteiger partial charge in [0, 0.05) is 24.6 Å². The fraction of sp³-hybridized carbons (Fsp3) is 0.286. The molecule has 2 rings (SSSR count). The number of anilines is 2. The van der Waals surface area contributed by atoms with E-state index in [1.165, 1.54) is 0 Å². The van der Waals surface area contributed by atoms with Crippen molar-refractivity contribution in [3.8, 4) is 0 Å².